The predicted octanol–water partition coefficient (Wildman–Crippen LogP) is -12.8. The molecule has 0 aromatic heterocycles. The van der Waals surface area contributed by atoms with Gasteiger partial charge in [0.15, 0.2) is 37.7 Å². The topological polar surface area (TPSA) is 568 Å². The number of phosphoric acid groups is 2. The second kappa shape index (κ2) is 24.9. The lowest BCUT2D eigenvalue weighted by molar-refractivity contribution is -0.403. The first-order valence-electron chi connectivity index (χ1n) is 22.6. The lowest BCUT2D eigenvalue weighted by atomic mass is 9.94. The first-order valence-corrected chi connectivity index (χ1v) is 25.6. The molecule has 20 N–H and O–H groups in total. The van der Waals surface area contributed by atoms with Gasteiger partial charge < -0.3 is 158 Å². The Bertz CT molecular complexity index is 1850. The number of aliphatic hydroxyl groups excluding tert-OH is 16. The van der Waals surface area contributed by atoms with Crippen LogP contribution in [0.25, 0.3) is 0 Å². The van der Waals surface area contributed by atoms with Gasteiger partial charge in [-0.2, -0.15) is 0 Å². The number of rotatable bonds is 10. The van der Waals surface area contributed by atoms with Gasteiger partial charge in [-0.3, -0.25) is 9.05 Å². The Hall–Kier alpha value is -0.900. The van der Waals surface area contributed by atoms with E-state index >= 15 is 0 Å². The monoisotopic (exact) mass is 1130 g/mol. The largest absolute Gasteiger partial charge is 0.469 e. The fourth-order valence-electron chi connectivity index (χ4n) is 9.24. The molecule has 432 valence electrons. The van der Waals surface area contributed by atoms with Gasteiger partial charge in [0.1, 0.15) is 146 Å². The summed E-state index contributed by atoms with van der Waals surface area (Å²) in [6, 6.07) is 0. The summed E-state index contributed by atoms with van der Waals surface area (Å²) < 4.78 is 100. The normalized spacial score (nSPS) is 51.1. The minimum absolute atomic E-state index is 1.08. The van der Waals surface area contributed by atoms with Gasteiger partial charge in [0.2, 0.25) is 0 Å². The minimum Gasteiger partial charge on any atom is -0.394 e. The molecular formula is C36H62O36P2. The third-order valence-electron chi connectivity index (χ3n) is 13.1. The van der Waals surface area contributed by atoms with Crippen molar-refractivity contribution in [1.82, 2.24) is 0 Å². The van der Waals surface area contributed by atoms with Crippen LogP contribution in [0.3, 0.4) is 0 Å². The van der Waals surface area contributed by atoms with E-state index < -0.39 is 240 Å². The van der Waals surface area contributed by atoms with Crippen molar-refractivity contribution in [3.8, 4) is 0 Å². The Morgan fingerprint density at radius 1 is 0.270 bits per heavy atom. The maximum atomic E-state index is 11.8. The molecule has 22 aliphatic heterocycles. The van der Waals surface area contributed by atoms with Crippen molar-refractivity contribution in [3.63, 3.8) is 0 Å². The average Bonchev–Trinajstić information content (AvgIpc) is 3.34. The summed E-state index contributed by atoms with van der Waals surface area (Å²) in [6.45, 7) is -6.94. The fraction of sp³-hybridized carbons (Fsp3) is 1.00. The molecule has 22 saturated heterocycles. The molecule has 0 amide bonds. The molecule has 0 unspecified atom stereocenters. The van der Waals surface area contributed by atoms with Gasteiger partial charge in [-0.15, -0.1) is 0 Å². The molecule has 0 radical (unpaired) electrons. The van der Waals surface area contributed by atoms with E-state index in [1.807, 2.05) is 0 Å². The fourth-order valence-corrected chi connectivity index (χ4v) is 9.93. The van der Waals surface area contributed by atoms with Gasteiger partial charge in [0.05, 0.1) is 39.6 Å². The van der Waals surface area contributed by atoms with Crippen LogP contribution in [0.15, 0.2) is 0 Å². The van der Waals surface area contributed by atoms with Crippen molar-refractivity contribution >= 4 is 15.6 Å². The van der Waals surface area contributed by atoms with Crippen LogP contribution in [0, 0.1) is 0 Å². The standard InChI is InChI=1S/C36H62O36P2/c37-1-7-25-13(41)19(47)31(61-7)68-26-8(2-38)63-33(21(49)15(26)43)71-29-11(5-59-73(53,54)55)66-36(24(52)18(29)46)70-28-10(4-40)64-34(22(50)16(28)44)72-30-12(6-60-74(56,57)58)65-35(23(51)17(30)45)69-27-9(3-39)62-32(67-25)20(48)14(27)42/h7-52H,1-6H2,(H2,53,54,55)(H2,56,57,58)/t7-,8-,9-,10-,11-,12-,13-,14-,15-,16-,17-,18-,19-,20-,21-,22-,23-,24-,25-,26-,27-,28-,29-,30-,31-,32-,33-,34-,35-,36-/m1/s1. The van der Waals surface area contributed by atoms with Gasteiger partial charge in [-0.05, 0) is 0 Å². The summed E-state index contributed by atoms with van der Waals surface area (Å²) in [6.07, 6.45) is -64.1. The smallest absolute Gasteiger partial charge is 0.394 e. The molecule has 0 aromatic carbocycles. The highest BCUT2D eigenvalue weighted by Gasteiger charge is 2.59. The van der Waals surface area contributed by atoms with Crippen molar-refractivity contribution in [2.75, 3.05) is 39.6 Å². The zero-order chi connectivity index (χ0) is 54.5. The first-order chi connectivity index (χ1) is 34.7. The lowest BCUT2D eigenvalue weighted by Crippen LogP contribution is -2.69. The van der Waals surface area contributed by atoms with Crippen LogP contribution in [0.5, 0.6) is 0 Å². The van der Waals surface area contributed by atoms with Crippen molar-refractivity contribution in [2.45, 2.75) is 184 Å². The quantitative estimate of drug-likeness (QED) is 0.0903. The van der Waals surface area contributed by atoms with Gasteiger partial charge in [0, 0.05) is 0 Å². The van der Waals surface area contributed by atoms with Crippen LogP contribution in [0.4, 0.5) is 0 Å². The summed E-state index contributed by atoms with van der Waals surface area (Å²) in [5, 5.41) is 177. The predicted molar refractivity (Wildman–Crippen MR) is 218 cm³/mol. The molecule has 0 aromatic rings. The number of hydrogen-bond donors (Lipinski definition) is 20. The van der Waals surface area contributed by atoms with Crippen molar-refractivity contribution in [2.24, 2.45) is 0 Å². The zero-order valence-corrected chi connectivity index (χ0v) is 39.7. The van der Waals surface area contributed by atoms with E-state index in [-0.39, 0.29) is 0 Å². The molecule has 22 heterocycles. The highest BCUT2D eigenvalue weighted by molar-refractivity contribution is 7.46. The summed E-state index contributed by atoms with van der Waals surface area (Å²) >= 11 is 0. The van der Waals surface area contributed by atoms with Gasteiger partial charge >= 0.3 is 15.6 Å². The van der Waals surface area contributed by atoms with Gasteiger partial charge in [-0.1, -0.05) is 0 Å². The molecule has 22 rings (SSSR count). The van der Waals surface area contributed by atoms with Crippen LogP contribution in [0.1, 0.15) is 0 Å². The number of phosphoric ester groups is 2. The van der Waals surface area contributed by atoms with Gasteiger partial charge in [-0.25, -0.2) is 9.13 Å². The van der Waals surface area contributed by atoms with E-state index in [9.17, 15) is 110 Å². The summed E-state index contributed by atoms with van der Waals surface area (Å²) in [5.41, 5.74) is 0. The van der Waals surface area contributed by atoms with Crippen molar-refractivity contribution in [3.05, 3.63) is 0 Å². The van der Waals surface area contributed by atoms with Crippen LogP contribution in [-0.4, -0.2) is 325 Å². The number of hydrogen-bond acceptors (Lipinski definition) is 32. The average molecular weight is 1130 g/mol. The Morgan fingerprint density at radius 2 is 0.432 bits per heavy atom. The Kier molecular flexibility index (Phi) is 20.4. The van der Waals surface area contributed by atoms with E-state index in [2.05, 4.69) is 9.05 Å². The van der Waals surface area contributed by atoms with Crippen LogP contribution in [0.2, 0.25) is 0 Å². The van der Waals surface area contributed by atoms with E-state index in [0.29, 0.717) is 0 Å². The maximum absolute atomic E-state index is 11.8. The molecule has 22 fully saturated rings. The summed E-state index contributed by atoms with van der Waals surface area (Å²) in [7, 11) is -10.8. The molecule has 0 aliphatic carbocycles. The molecule has 0 spiro atoms. The Labute approximate surface area is 415 Å². The number of ether oxygens (including phenoxy) is 12. The van der Waals surface area contributed by atoms with Gasteiger partial charge in [0.25, 0.3) is 0 Å². The van der Waals surface area contributed by atoms with E-state index in [4.69, 9.17) is 56.8 Å². The van der Waals surface area contributed by atoms with Crippen molar-refractivity contribution in [1.29, 1.82) is 0 Å². The van der Waals surface area contributed by atoms with Crippen molar-refractivity contribution < 1.29 is 176 Å². The molecule has 36 nitrogen and oxygen atoms in total. The molecule has 30 atom stereocenters. The SMILES string of the molecule is O=P(O)(O)OC[C@H]1O[C@@H]2O[C@H]3[C@H](O)[C@@H](O)[C@@H](O[C@H]4[C@H](O)[C@@H](O)[C@@H](O[C@H]5[C@H](O)[C@@H](O)[C@@H](O[C@H]6[C@H](O)[C@@H](O)[C@@H](O[C@H]7[C@H](O)[C@@H](O)[C@@H](O[C@H]1[C@H](O)[C@H]2O)O[C@@H]7CO)O[C@@H]6COP(=O)(O)O)O[C@@H]5CO)O[C@@H]4CO)O[C@@H]3CO. The molecule has 12 bridgehead atoms. The highest BCUT2D eigenvalue weighted by atomic mass is 31.2. The summed E-state index contributed by atoms with van der Waals surface area (Å²) in [5.74, 6) is 0. The molecular weight excluding hydrogens is 1070 g/mol. The Balaban J connectivity index is 1.23. The first kappa shape index (κ1) is 60.7. The maximum Gasteiger partial charge on any atom is 0.469 e. The molecule has 0 saturated carbocycles. The molecule has 74 heavy (non-hydrogen) atoms. The summed E-state index contributed by atoms with van der Waals surface area (Å²) in [4.78, 5) is 38.1. The molecule has 38 heteroatoms. The van der Waals surface area contributed by atoms with E-state index in [1.165, 1.54) is 0 Å². The van der Waals surface area contributed by atoms with Crippen LogP contribution >= 0.6 is 15.6 Å². The van der Waals surface area contributed by atoms with Crippen LogP contribution in [-0.2, 0) is 75.0 Å². The third kappa shape index (κ3) is 13.1. The van der Waals surface area contributed by atoms with E-state index in [1.54, 1.807) is 0 Å². The van der Waals surface area contributed by atoms with E-state index in [0.717, 1.165) is 0 Å². The lowest BCUT2D eigenvalue weighted by Gasteiger charge is -2.50. The second-order valence-corrected chi connectivity index (χ2v) is 20.5. The second-order valence-electron chi connectivity index (χ2n) is 18.1. The third-order valence-corrected chi connectivity index (χ3v) is 14.1. The minimum atomic E-state index is -5.41. The molecule has 22 aliphatic rings. The van der Waals surface area contributed by atoms with Crippen LogP contribution < -0.4 is 0 Å². The number of aliphatic hydroxyl groups is 16. The highest BCUT2D eigenvalue weighted by Crippen LogP contribution is 2.42. The zero-order valence-electron chi connectivity index (χ0n) is 37.9. The Morgan fingerprint density at radius 3 is 0.595 bits per heavy atom.